The highest BCUT2D eigenvalue weighted by atomic mass is 32.1. The number of hydrogen-bond acceptors (Lipinski definition) is 4. The number of hydrogen-bond donors (Lipinski definition) is 1. The first-order valence-corrected chi connectivity index (χ1v) is 16.5. The number of nitrogens with one attached hydrogen (secondary N) is 1. The van der Waals surface area contributed by atoms with E-state index in [1.165, 1.54) is 68.5 Å². The molecule has 3 nitrogen and oxygen atoms in total. The van der Waals surface area contributed by atoms with Gasteiger partial charge in [0.15, 0.2) is 0 Å². The van der Waals surface area contributed by atoms with E-state index in [0.29, 0.717) is 0 Å². The number of rotatable bonds is 5. The summed E-state index contributed by atoms with van der Waals surface area (Å²) in [7, 11) is 0. The van der Waals surface area contributed by atoms with Crippen molar-refractivity contribution in [3.05, 3.63) is 139 Å². The molecule has 0 saturated heterocycles. The second-order valence-electron chi connectivity index (χ2n) is 11.1. The first-order chi connectivity index (χ1) is 22.3. The van der Waals surface area contributed by atoms with Crippen molar-refractivity contribution in [2.75, 3.05) is 0 Å². The molecule has 212 valence electrons. The summed E-state index contributed by atoms with van der Waals surface area (Å²) in [5, 5.41) is 15.5. The van der Waals surface area contributed by atoms with Gasteiger partial charge in [-0.1, -0.05) is 103 Å². The zero-order valence-electron chi connectivity index (χ0n) is 24.1. The van der Waals surface area contributed by atoms with Crippen LogP contribution >= 0.6 is 22.7 Å². The molecule has 0 aliphatic rings. The number of aliphatic imine (C=N–C) groups is 1. The zero-order valence-corrected chi connectivity index (χ0v) is 25.7. The van der Waals surface area contributed by atoms with E-state index in [-0.39, 0.29) is 0 Å². The fourth-order valence-electron chi connectivity index (χ4n) is 6.60. The number of aromatic nitrogens is 1. The van der Waals surface area contributed by atoms with Crippen molar-refractivity contribution in [2.45, 2.75) is 0 Å². The summed E-state index contributed by atoms with van der Waals surface area (Å²) in [6, 6.07) is 45.4. The van der Waals surface area contributed by atoms with Crippen molar-refractivity contribution in [1.29, 1.82) is 5.41 Å². The number of benzene rings is 6. The molecule has 0 saturated carbocycles. The van der Waals surface area contributed by atoms with Gasteiger partial charge in [-0.15, -0.1) is 22.7 Å². The van der Waals surface area contributed by atoms with Crippen molar-refractivity contribution < 1.29 is 0 Å². The quantitative estimate of drug-likeness (QED) is 0.149. The molecule has 1 N–H and O–H groups in total. The van der Waals surface area contributed by atoms with Gasteiger partial charge in [-0.05, 0) is 41.5 Å². The van der Waals surface area contributed by atoms with Gasteiger partial charge in [0.1, 0.15) is 6.34 Å². The van der Waals surface area contributed by atoms with Crippen LogP contribution < -0.4 is 0 Å². The molecule has 0 aliphatic carbocycles. The molecule has 0 aliphatic heterocycles. The molecule has 9 rings (SSSR count). The van der Waals surface area contributed by atoms with Crippen LogP contribution in [0.4, 0.5) is 0 Å². The summed E-state index contributed by atoms with van der Waals surface area (Å²) in [6.07, 6.45) is 5.07. The van der Waals surface area contributed by atoms with Crippen LogP contribution in [0, 0.1) is 5.41 Å². The molecule has 45 heavy (non-hydrogen) atoms. The van der Waals surface area contributed by atoms with Gasteiger partial charge in [0, 0.05) is 62.9 Å². The van der Waals surface area contributed by atoms with Gasteiger partial charge < -0.3 is 5.41 Å². The normalized spacial score (nSPS) is 12.6. The standard InChI is InChI=1S/C40H25N3S2/c41-22-21-33(31-14-8-13-29-27-11-4-6-15-36(27)44-39(29)31)42-24-43-34-20-19-30-28-12-5-7-16-37(28)45-40(30)38(34)32-18-17-26(23-35(32)43)25-9-2-1-3-10-25/h1-24,41H/b33-21-,41-22?,42-24+. The highest BCUT2D eigenvalue weighted by Gasteiger charge is 2.17. The Bertz CT molecular complexity index is 2670. The van der Waals surface area contributed by atoms with Crippen LogP contribution in [0.1, 0.15) is 5.56 Å². The highest BCUT2D eigenvalue weighted by molar-refractivity contribution is 7.27. The Morgan fingerprint density at radius 3 is 2.02 bits per heavy atom. The third-order valence-electron chi connectivity index (χ3n) is 8.65. The van der Waals surface area contributed by atoms with Gasteiger partial charge in [0.25, 0.3) is 0 Å². The Morgan fingerprint density at radius 1 is 0.578 bits per heavy atom. The molecule has 0 fully saturated rings. The fourth-order valence-corrected chi connectivity index (χ4v) is 9.08. The van der Waals surface area contributed by atoms with Crippen LogP contribution in [0.15, 0.2) is 138 Å². The van der Waals surface area contributed by atoms with E-state index in [1.807, 2.05) is 17.7 Å². The monoisotopic (exact) mass is 611 g/mol. The van der Waals surface area contributed by atoms with Crippen molar-refractivity contribution in [3.8, 4) is 11.1 Å². The third-order valence-corrected chi connectivity index (χ3v) is 11.1. The largest absolute Gasteiger partial charge is 0.309 e. The molecule has 5 heteroatoms. The summed E-state index contributed by atoms with van der Waals surface area (Å²) in [5.74, 6) is 0. The summed E-state index contributed by atoms with van der Waals surface area (Å²) in [4.78, 5) is 5.13. The maximum absolute atomic E-state index is 8.00. The topological polar surface area (TPSA) is 41.1 Å². The Morgan fingerprint density at radius 2 is 1.24 bits per heavy atom. The summed E-state index contributed by atoms with van der Waals surface area (Å²) < 4.78 is 7.25. The molecule has 3 aromatic heterocycles. The van der Waals surface area contributed by atoms with Crippen molar-refractivity contribution in [2.24, 2.45) is 4.99 Å². The van der Waals surface area contributed by atoms with Crippen LogP contribution in [0.3, 0.4) is 0 Å². The lowest BCUT2D eigenvalue weighted by Crippen LogP contribution is -1.96. The van der Waals surface area contributed by atoms with Crippen molar-refractivity contribution >= 4 is 103 Å². The zero-order chi connectivity index (χ0) is 29.9. The minimum atomic E-state index is 0.763. The molecule has 0 spiro atoms. The van der Waals surface area contributed by atoms with E-state index in [1.54, 1.807) is 17.4 Å². The molecule has 3 heterocycles. The van der Waals surface area contributed by atoms with Gasteiger partial charge in [-0.25, -0.2) is 4.99 Å². The minimum Gasteiger partial charge on any atom is -0.309 e. The highest BCUT2D eigenvalue weighted by Crippen LogP contribution is 2.43. The van der Waals surface area contributed by atoms with Crippen LogP contribution in [0.25, 0.3) is 79.0 Å². The summed E-state index contributed by atoms with van der Waals surface area (Å²) >= 11 is 3.63. The van der Waals surface area contributed by atoms with E-state index in [4.69, 9.17) is 10.4 Å². The van der Waals surface area contributed by atoms with Gasteiger partial charge in [0.2, 0.25) is 0 Å². The van der Waals surface area contributed by atoms with E-state index in [2.05, 4.69) is 132 Å². The number of thiophene rings is 2. The molecule has 0 radical (unpaired) electrons. The third kappa shape index (κ3) is 4.09. The fraction of sp³-hybridized carbons (Fsp3) is 0. The predicted molar refractivity (Wildman–Crippen MR) is 198 cm³/mol. The Balaban J connectivity index is 1.30. The van der Waals surface area contributed by atoms with Gasteiger partial charge in [-0.2, -0.15) is 0 Å². The smallest absolute Gasteiger partial charge is 0.100 e. The number of allylic oxidation sites excluding steroid dienone is 1. The van der Waals surface area contributed by atoms with Gasteiger partial charge in [-0.3, -0.25) is 4.57 Å². The molecular formula is C40H25N3S2. The number of nitrogens with zero attached hydrogens (tertiary/aromatic N) is 2. The average Bonchev–Trinajstić information content (AvgIpc) is 3.76. The molecule has 6 aromatic carbocycles. The Labute approximate surface area is 267 Å². The minimum absolute atomic E-state index is 0.763. The Hall–Kier alpha value is -5.36. The van der Waals surface area contributed by atoms with E-state index in [0.717, 1.165) is 22.3 Å². The van der Waals surface area contributed by atoms with Gasteiger partial charge >= 0.3 is 0 Å². The van der Waals surface area contributed by atoms with Crippen LogP contribution in [-0.2, 0) is 0 Å². The predicted octanol–water partition coefficient (Wildman–Crippen LogP) is 11.8. The van der Waals surface area contributed by atoms with Crippen LogP contribution in [0.2, 0.25) is 0 Å². The molecular weight excluding hydrogens is 587 g/mol. The van der Waals surface area contributed by atoms with Crippen LogP contribution in [0.5, 0.6) is 0 Å². The molecule has 9 aromatic rings. The second-order valence-corrected chi connectivity index (χ2v) is 13.3. The first-order valence-electron chi connectivity index (χ1n) is 14.9. The molecule has 0 bridgehead atoms. The van der Waals surface area contributed by atoms with Crippen molar-refractivity contribution in [3.63, 3.8) is 0 Å². The lowest BCUT2D eigenvalue weighted by molar-refractivity contribution is 1.31. The number of fused-ring (bicyclic) bond motifs is 10. The lowest BCUT2D eigenvalue weighted by Gasteiger charge is -2.06. The van der Waals surface area contributed by atoms with Crippen molar-refractivity contribution in [1.82, 2.24) is 4.57 Å². The van der Waals surface area contributed by atoms with E-state index in [9.17, 15) is 0 Å². The molecule has 0 atom stereocenters. The Kier molecular flexibility index (Phi) is 6.01. The molecule has 0 amide bonds. The van der Waals surface area contributed by atoms with Gasteiger partial charge in [0.05, 0.1) is 16.7 Å². The summed E-state index contributed by atoms with van der Waals surface area (Å²) in [5.41, 5.74) is 6.37. The van der Waals surface area contributed by atoms with E-state index < -0.39 is 0 Å². The second kappa shape index (κ2) is 10.4. The lowest BCUT2D eigenvalue weighted by atomic mass is 10.0. The van der Waals surface area contributed by atoms with E-state index >= 15 is 0 Å². The average molecular weight is 612 g/mol. The maximum atomic E-state index is 8.00. The molecule has 0 unspecified atom stereocenters. The first kappa shape index (κ1) is 26.1. The van der Waals surface area contributed by atoms with Crippen LogP contribution in [-0.4, -0.2) is 17.1 Å². The maximum Gasteiger partial charge on any atom is 0.100 e. The summed E-state index contributed by atoms with van der Waals surface area (Å²) in [6.45, 7) is 0. The SMILES string of the molecule is N=C/C=C(\N=C\n1c2cc(-c3ccccc3)ccc2c2c3sc4ccccc4c3ccc21)c1cccc2c1sc1ccccc12.